The van der Waals surface area contributed by atoms with E-state index in [1.807, 2.05) is 6.07 Å². The Balaban J connectivity index is 1.90. The molecule has 2 fully saturated rings. The van der Waals surface area contributed by atoms with E-state index in [1.165, 1.54) is 17.7 Å². The van der Waals surface area contributed by atoms with Gasteiger partial charge < -0.3 is 27.2 Å². The number of hydrogen-bond acceptors (Lipinski definition) is 11. The SMILES string of the molecule is CC(=O)Cc1ccn([C@@H]2O[C@@H]3CO[Si](C(C)C)(C(C)C)O[Si](C(C)C)(C(C)C)O[C@H]3C2(C#N)OC(=S)Oc2ccccc2)c(=O)n1. The molecule has 11 nitrogen and oxygen atoms in total. The Bertz CT molecular complexity index is 1500. The molecule has 2 saturated heterocycles. The maximum atomic E-state index is 13.5. The van der Waals surface area contributed by atoms with Crippen LogP contribution in [0.15, 0.2) is 47.4 Å². The molecule has 2 aliphatic rings. The van der Waals surface area contributed by atoms with E-state index in [1.54, 1.807) is 30.3 Å². The van der Waals surface area contributed by atoms with Gasteiger partial charge in [-0.25, -0.2) is 4.79 Å². The summed E-state index contributed by atoms with van der Waals surface area (Å²) in [4.78, 5) is 29.4. The molecular formula is C32H45N3O8SSi2. The third-order valence-electron chi connectivity index (χ3n) is 8.69. The van der Waals surface area contributed by atoms with Gasteiger partial charge in [0.2, 0.25) is 0 Å². The van der Waals surface area contributed by atoms with Gasteiger partial charge in [0.25, 0.3) is 5.60 Å². The van der Waals surface area contributed by atoms with E-state index in [4.69, 9.17) is 39.4 Å². The summed E-state index contributed by atoms with van der Waals surface area (Å²) in [6, 6.07) is 12.6. The summed E-state index contributed by atoms with van der Waals surface area (Å²) in [5.74, 6) is 0.263. The zero-order valence-corrected chi connectivity index (χ0v) is 30.8. The average Bonchev–Trinajstić information content (AvgIpc) is 3.24. The molecule has 1 unspecified atom stereocenters. The number of carbonyl (C=O) groups excluding carboxylic acids is 1. The van der Waals surface area contributed by atoms with Crippen LogP contribution >= 0.6 is 12.2 Å². The molecule has 14 heteroatoms. The van der Waals surface area contributed by atoms with Crippen molar-refractivity contribution in [2.45, 2.75) is 115 Å². The standard InChI is InChI=1S/C32H45N3O8SSi2/c1-20(2)45(21(3)4)38-18-27-28(42-46(43-45,22(5)6)23(7)8)32(19-33,41-31(44)39-26-13-11-10-12-14-26)29(40-27)35-16-15-25(17-24(9)36)34-30(35)37/h10-16,20-23,27-29H,17-18H2,1-9H3/t27-,28-,29-,32?/m1/s1. The third-order valence-corrected chi connectivity index (χ3v) is 19.1. The number of ether oxygens (including phenoxy) is 3. The Labute approximate surface area is 278 Å². The average molecular weight is 688 g/mol. The van der Waals surface area contributed by atoms with Crippen LogP contribution in [0.1, 0.15) is 74.2 Å². The second-order valence-electron chi connectivity index (χ2n) is 13.2. The topological polar surface area (TPSA) is 131 Å². The maximum Gasteiger partial charge on any atom is 0.359 e. The minimum absolute atomic E-state index is 0.00987. The zero-order chi connectivity index (χ0) is 34.0. The molecule has 0 saturated carbocycles. The van der Waals surface area contributed by atoms with Gasteiger partial charge in [0, 0.05) is 24.8 Å². The number of benzene rings is 1. The second kappa shape index (κ2) is 14.1. The Morgan fingerprint density at radius 1 is 1.07 bits per heavy atom. The van der Waals surface area contributed by atoms with Crippen LogP contribution in [-0.4, -0.2) is 62.1 Å². The largest absolute Gasteiger partial charge is 0.427 e. The molecule has 1 aromatic heterocycles. The highest BCUT2D eigenvalue weighted by molar-refractivity contribution is 7.79. The predicted molar refractivity (Wildman–Crippen MR) is 180 cm³/mol. The summed E-state index contributed by atoms with van der Waals surface area (Å²) < 4.78 is 41.3. The summed E-state index contributed by atoms with van der Waals surface area (Å²) in [5.41, 5.74) is -2.39. The van der Waals surface area contributed by atoms with Crippen molar-refractivity contribution in [1.82, 2.24) is 9.55 Å². The van der Waals surface area contributed by atoms with E-state index in [9.17, 15) is 14.9 Å². The van der Waals surface area contributed by atoms with E-state index in [0.29, 0.717) is 11.4 Å². The molecular weight excluding hydrogens is 643 g/mol. The highest BCUT2D eigenvalue weighted by Gasteiger charge is 2.68. The van der Waals surface area contributed by atoms with Crippen LogP contribution < -0.4 is 10.4 Å². The number of ketones is 1. The van der Waals surface area contributed by atoms with Crippen molar-refractivity contribution in [1.29, 1.82) is 5.26 Å². The Kier molecular flexibility index (Phi) is 11.1. The second-order valence-corrected chi connectivity index (χ2v) is 22.4. The first-order valence-corrected chi connectivity index (χ1v) is 20.1. The smallest absolute Gasteiger partial charge is 0.359 e. The molecule has 250 valence electrons. The number of aromatic nitrogens is 2. The third kappa shape index (κ3) is 6.77. The zero-order valence-electron chi connectivity index (χ0n) is 28.0. The highest BCUT2D eigenvalue weighted by Crippen LogP contribution is 2.51. The lowest BCUT2D eigenvalue weighted by atomic mass is 9.95. The number of rotatable bonds is 9. The maximum absolute atomic E-state index is 13.5. The van der Waals surface area contributed by atoms with Crippen molar-refractivity contribution in [3.05, 3.63) is 58.8 Å². The molecule has 0 spiro atoms. The lowest BCUT2D eigenvalue weighted by molar-refractivity contribution is -0.116. The molecule has 0 N–H and O–H groups in total. The van der Waals surface area contributed by atoms with E-state index in [0.717, 1.165) is 0 Å². The normalized spacial score (nSPS) is 25.5. The van der Waals surface area contributed by atoms with Crippen LogP contribution in [0.4, 0.5) is 0 Å². The first-order valence-electron chi connectivity index (χ1n) is 15.7. The molecule has 2 aromatic rings. The summed E-state index contributed by atoms with van der Waals surface area (Å²) >= 11 is 5.54. The van der Waals surface area contributed by atoms with Crippen molar-refractivity contribution < 1.29 is 32.0 Å². The van der Waals surface area contributed by atoms with Gasteiger partial charge in [-0.15, -0.1) is 0 Å². The quantitative estimate of drug-likeness (QED) is 0.232. The van der Waals surface area contributed by atoms with E-state index >= 15 is 0 Å². The van der Waals surface area contributed by atoms with Gasteiger partial charge in [0.05, 0.1) is 12.3 Å². The van der Waals surface area contributed by atoms with Crippen LogP contribution in [0, 0.1) is 11.3 Å². The van der Waals surface area contributed by atoms with Gasteiger partial charge in [0.15, 0.2) is 6.23 Å². The van der Waals surface area contributed by atoms with Crippen molar-refractivity contribution in [3.8, 4) is 11.8 Å². The minimum atomic E-state index is -3.27. The van der Waals surface area contributed by atoms with Crippen LogP contribution in [0.2, 0.25) is 22.2 Å². The Morgan fingerprint density at radius 2 is 1.67 bits per heavy atom. The molecule has 46 heavy (non-hydrogen) atoms. The fraction of sp³-hybridized carbons (Fsp3) is 0.594. The fourth-order valence-corrected chi connectivity index (χ4v) is 17.9. The van der Waals surface area contributed by atoms with Crippen LogP contribution in [0.3, 0.4) is 0 Å². The lowest BCUT2D eigenvalue weighted by Crippen LogP contribution is -2.67. The molecule has 0 aliphatic carbocycles. The fourth-order valence-electron chi connectivity index (χ4n) is 6.41. The van der Waals surface area contributed by atoms with Crippen LogP contribution in [-0.2, 0) is 33.7 Å². The summed E-state index contributed by atoms with van der Waals surface area (Å²) in [6.45, 7) is 18.2. The molecule has 1 aromatic carbocycles. The van der Waals surface area contributed by atoms with Crippen molar-refractivity contribution >= 4 is 40.4 Å². The number of nitriles is 1. The van der Waals surface area contributed by atoms with Crippen LogP contribution in [0.5, 0.6) is 5.75 Å². The van der Waals surface area contributed by atoms with Gasteiger partial charge >= 0.3 is 28.0 Å². The number of hydrogen-bond donors (Lipinski definition) is 0. The number of nitrogens with zero attached hydrogens (tertiary/aromatic N) is 3. The molecule has 0 bridgehead atoms. The number of fused-ring (bicyclic) bond motifs is 1. The number of thiocarbonyl (C=S) groups is 1. The predicted octanol–water partition coefficient (Wildman–Crippen LogP) is 5.87. The number of carbonyl (C=O) groups is 1. The van der Waals surface area contributed by atoms with Gasteiger partial charge in [-0.2, -0.15) is 10.2 Å². The molecule has 4 atom stereocenters. The molecule has 3 heterocycles. The monoisotopic (exact) mass is 687 g/mol. The van der Waals surface area contributed by atoms with Gasteiger partial charge in [0.1, 0.15) is 29.8 Å². The number of para-hydroxylation sites is 1. The van der Waals surface area contributed by atoms with Crippen molar-refractivity contribution in [3.63, 3.8) is 0 Å². The molecule has 2 aliphatic heterocycles. The summed E-state index contributed by atoms with van der Waals surface area (Å²) in [6.07, 6.45) is -1.86. The van der Waals surface area contributed by atoms with E-state index in [2.05, 4.69) is 66.4 Å². The molecule has 0 amide bonds. The molecule has 0 radical (unpaired) electrons. The van der Waals surface area contributed by atoms with Crippen LogP contribution in [0.25, 0.3) is 0 Å². The summed E-state index contributed by atoms with van der Waals surface area (Å²) in [7, 11) is -6.21. The first-order chi connectivity index (χ1) is 21.6. The highest BCUT2D eigenvalue weighted by atomic mass is 32.1. The Morgan fingerprint density at radius 3 is 2.20 bits per heavy atom. The first kappa shape index (κ1) is 36.1. The summed E-state index contributed by atoms with van der Waals surface area (Å²) in [5, 5.41) is 10.7. The van der Waals surface area contributed by atoms with Crippen molar-refractivity contribution in [2.24, 2.45) is 0 Å². The van der Waals surface area contributed by atoms with Gasteiger partial charge in [-0.05, 0) is 47.3 Å². The number of Topliss-reactive ketones (excluding diaryl/α,β-unsaturated/α-hetero) is 1. The van der Waals surface area contributed by atoms with Crippen molar-refractivity contribution in [2.75, 3.05) is 6.61 Å². The Hall–Kier alpha value is -2.78. The van der Waals surface area contributed by atoms with Gasteiger partial charge in [-0.1, -0.05) is 73.6 Å². The lowest BCUT2D eigenvalue weighted by Gasteiger charge is -2.51. The van der Waals surface area contributed by atoms with E-state index in [-0.39, 0.29) is 46.2 Å². The van der Waals surface area contributed by atoms with E-state index < -0.39 is 46.8 Å². The molecule has 4 rings (SSSR count). The van der Waals surface area contributed by atoms with Gasteiger partial charge in [-0.3, -0.25) is 9.36 Å². The minimum Gasteiger partial charge on any atom is -0.427 e.